The van der Waals surface area contributed by atoms with Crippen LogP contribution < -0.4 is 11.1 Å². The molecule has 0 spiro atoms. The summed E-state index contributed by atoms with van der Waals surface area (Å²) >= 11 is 0. The van der Waals surface area contributed by atoms with Gasteiger partial charge in [-0.2, -0.15) is 0 Å². The zero-order chi connectivity index (χ0) is 23.6. The number of carboxylic acid groups (broad SMARTS) is 1. The first-order valence-corrected chi connectivity index (χ1v) is 10.1. The maximum atomic E-state index is 12.7. The maximum Gasteiger partial charge on any atom is 0.408 e. The van der Waals surface area contributed by atoms with Crippen molar-refractivity contribution in [1.82, 2.24) is 5.32 Å². The quantitative estimate of drug-likeness (QED) is 0.448. The number of nitrogens with two attached hydrogens (primary N) is 1. The highest BCUT2D eigenvalue weighted by Crippen LogP contribution is 2.15. The molecule has 0 radical (unpaired) electrons. The van der Waals surface area contributed by atoms with E-state index in [1.165, 1.54) is 0 Å². The Morgan fingerprint density at radius 2 is 1.71 bits per heavy atom. The molecule has 4 N–H and O–H groups in total. The number of hydrogen-bond acceptors (Lipinski definition) is 7. The molecule has 0 heterocycles. The van der Waals surface area contributed by atoms with E-state index in [1.807, 2.05) is 18.2 Å². The summed E-state index contributed by atoms with van der Waals surface area (Å²) in [6, 6.07) is 6.77. The fourth-order valence-corrected chi connectivity index (χ4v) is 2.76. The Hall–Kier alpha value is -2.94. The van der Waals surface area contributed by atoms with Gasteiger partial charge in [-0.1, -0.05) is 37.3 Å². The highest BCUT2D eigenvalue weighted by atomic mass is 16.6. The van der Waals surface area contributed by atoms with Gasteiger partial charge in [-0.25, -0.2) is 4.79 Å². The number of carboxylic acids is 1. The van der Waals surface area contributed by atoms with E-state index in [4.69, 9.17) is 20.3 Å². The number of ketones is 1. The third kappa shape index (κ3) is 11.1. The van der Waals surface area contributed by atoms with Crippen LogP contribution in [0.4, 0.5) is 4.79 Å². The smallest absolute Gasteiger partial charge is 0.408 e. The summed E-state index contributed by atoms with van der Waals surface area (Å²) < 4.78 is 10.4. The predicted octanol–water partition coefficient (Wildman–Crippen LogP) is 2.41. The molecule has 1 rings (SSSR count). The molecule has 1 aromatic carbocycles. The van der Waals surface area contributed by atoms with Crippen molar-refractivity contribution < 1.29 is 33.8 Å². The van der Waals surface area contributed by atoms with Crippen molar-refractivity contribution in [1.29, 1.82) is 0 Å². The number of carbonyl (C=O) groups excluding carboxylic acids is 3. The van der Waals surface area contributed by atoms with Gasteiger partial charge in [-0.3, -0.25) is 14.4 Å². The third-order valence-electron chi connectivity index (χ3n) is 4.22. The average Bonchev–Trinajstić information content (AvgIpc) is 2.64. The second-order valence-electron chi connectivity index (χ2n) is 8.51. The van der Waals surface area contributed by atoms with E-state index in [0.29, 0.717) is 0 Å². The fraction of sp³-hybridized carbons (Fsp3) is 0.545. The Morgan fingerprint density at radius 3 is 2.26 bits per heavy atom. The van der Waals surface area contributed by atoms with E-state index in [0.717, 1.165) is 5.56 Å². The van der Waals surface area contributed by atoms with E-state index in [-0.39, 0.29) is 31.8 Å². The first-order chi connectivity index (χ1) is 14.4. The van der Waals surface area contributed by atoms with Crippen LogP contribution in [0.5, 0.6) is 0 Å². The normalized spacial score (nSPS) is 14.1. The average molecular weight is 437 g/mol. The molecule has 3 atom stereocenters. The first-order valence-electron chi connectivity index (χ1n) is 10.1. The maximum absolute atomic E-state index is 12.7. The summed E-state index contributed by atoms with van der Waals surface area (Å²) in [6.07, 6.45) is -1.19. The van der Waals surface area contributed by atoms with Crippen molar-refractivity contribution in [2.24, 2.45) is 11.7 Å². The molecule has 0 aliphatic carbocycles. The summed E-state index contributed by atoms with van der Waals surface area (Å²) in [7, 11) is 0. The molecule has 0 fully saturated rings. The number of alkyl carbamates (subject to hydrolysis) is 1. The summed E-state index contributed by atoms with van der Waals surface area (Å²) in [5.41, 5.74) is 5.52. The molecule has 0 saturated carbocycles. The van der Waals surface area contributed by atoms with Crippen LogP contribution in [-0.4, -0.2) is 46.6 Å². The second kappa shape index (κ2) is 12.0. The number of carbonyl (C=O) groups is 4. The molecular weight excluding hydrogens is 404 g/mol. The van der Waals surface area contributed by atoms with Gasteiger partial charge in [0.15, 0.2) is 5.78 Å². The van der Waals surface area contributed by atoms with E-state index in [9.17, 15) is 19.2 Å². The zero-order valence-electron chi connectivity index (χ0n) is 18.4. The van der Waals surface area contributed by atoms with Crippen molar-refractivity contribution in [2.45, 2.75) is 71.2 Å². The highest BCUT2D eigenvalue weighted by molar-refractivity contribution is 5.91. The molecule has 172 valence electrons. The number of hydrogen-bond donors (Lipinski definition) is 3. The second-order valence-corrected chi connectivity index (χ2v) is 8.51. The molecule has 2 unspecified atom stereocenters. The summed E-state index contributed by atoms with van der Waals surface area (Å²) in [4.78, 5) is 48.1. The van der Waals surface area contributed by atoms with Gasteiger partial charge in [0.1, 0.15) is 24.3 Å². The topological polar surface area (TPSA) is 145 Å². The van der Waals surface area contributed by atoms with E-state index in [2.05, 4.69) is 5.32 Å². The Bertz CT molecular complexity index is 759. The van der Waals surface area contributed by atoms with Gasteiger partial charge in [-0.15, -0.1) is 0 Å². The van der Waals surface area contributed by atoms with Gasteiger partial charge in [0.05, 0.1) is 6.42 Å². The number of amides is 1. The van der Waals surface area contributed by atoms with Gasteiger partial charge in [0.2, 0.25) is 0 Å². The van der Waals surface area contributed by atoms with Crippen LogP contribution in [0.3, 0.4) is 0 Å². The van der Waals surface area contributed by atoms with Gasteiger partial charge in [0, 0.05) is 6.42 Å². The molecule has 9 heteroatoms. The minimum atomic E-state index is -1.17. The molecule has 31 heavy (non-hydrogen) atoms. The standard InChI is InChI=1S/C22H32N2O7/c1-14(10-16(23)20(27)28)11-18(25)17(24-21(29)31-22(2,3)4)12-19(26)30-13-15-8-6-5-7-9-15/h5-9,14,16-17H,10-13,23H2,1-4H3,(H,24,29)(H,27,28)/t14?,16-,17?/m0/s1. The lowest BCUT2D eigenvalue weighted by Crippen LogP contribution is -2.45. The number of rotatable bonds is 11. The Morgan fingerprint density at radius 1 is 1.10 bits per heavy atom. The lowest BCUT2D eigenvalue weighted by Gasteiger charge is -2.23. The van der Waals surface area contributed by atoms with E-state index in [1.54, 1.807) is 39.8 Å². The lowest BCUT2D eigenvalue weighted by molar-refractivity contribution is -0.147. The minimum Gasteiger partial charge on any atom is -0.480 e. The zero-order valence-corrected chi connectivity index (χ0v) is 18.4. The van der Waals surface area contributed by atoms with Crippen LogP contribution in [0.2, 0.25) is 0 Å². The fourth-order valence-electron chi connectivity index (χ4n) is 2.76. The van der Waals surface area contributed by atoms with Crippen LogP contribution in [0.25, 0.3) is 0 Å². The number of benzene rings is 1. The number of nitrogens with one attached hydrogen (secondary N) is 1. The third-order valence-corrected chi connectivity index (χ3v) is 4.22. The van der Waals surface area contributed by atoms with Crippen LogP contribution in [0.1, 0.15) is 52.5 Å². The summed E-state index contributed by atoms with van der Waals surface area (Å²) in [5.74, 6) is -2.62. The molecule has 9 nitrogen and oxygen atoms in total. The van der Waals surface area contributed by atoms with Crippen molar-refractivity contribution in [3.05, 3.63) is 35.9 Å². The first kappa shape index (κ1) is 26.1. The van der Waals surface area contributed by atoms with Crippen LogP contribution >= 0.6 is 0 Å². The monoisotopic (exact) mass is 436 g/mol. The lowest BCUT2D eigenvalue weighted by atomic mass is 9.93. The molecule has 0 saturated heterocycles. The summed E-state index contributed by atoms with van der Waals surface area (Å²) in [6.45, 7) is 6.74. The van der Waals surface area contributed by atoms with Crippen LogP contribution in [-0.2, 0) is 30.5 Å². The van der Waals surface area contributed by atoms with Crippen LogP contribution in [0, 0.1) is 5.92 Å². The highest BCUT2D eigenvalue weighted by Gasteiger charge is 2.29. The number of Topliss-reactive ketones (excluding diaryl/α,β-unsaturated/α-hetero) is 1. The Balaban J connectivity index is 2.76. The van der Waals surface area contributed by atoms with Gasteiger partial charge >= 0.3 is 18.0 Å². The molecule has 1 aromatic rings. The van der Waals surface area contributed by atoms with Crippen molar-refractivity contribution in [2.75, 3.05) is 0 Å². The molecule has 0 aliphatic heterocycles. The van der Waals surface area contributed by atoms with Crippen molar-refractivity contribution in [3.63, 3.8) is 0 Å². The van der Waals surface area contributed by atoms with Gasteiger partial charge in [0.25, 0.3) is 0 Å². The van der Waals surface area contributed by atoms with Gasteiger partial charge in [-0.05, 0) is 38.7 Å². The molecule has 1 amide bonds. The predicted molar refractivity (Wildman–Crippen MR) is 113 cm³/mol. The number of aliphatic carboxylic acids is 1. The Kier molecular flexibility index (Phi) is 10.1. The summed E-state index contributed by atoms with van der Waals surface area (Å²) in [5, 5.41) is 11.4. The van der Waals surface area contributed by atoms with Gasteiger partial charge < -0.3 is 25.6 Å². The molecule has 0 aliphatic rings. The largest absolute Gasteiger partial charge is 0.480 e. The minimum absolute atomic E-state index is 0.0386. The number of esters is 1. The van der Waals surface area contributed by atoms with Crippen LogP contribution in [0.15, 0.2) is 30.3 Å². The number of ether oxygens (including phenoxy) is 2. The molecular formula is C22H32N2O7. The molecule has 0 aromatic heterocycles. The van der Waals surface area contributed by atoms with Crippen molar-refractivity contribution >= 4 is 23.8 Å². The van der Waals surface area contributed by atoms with E-state index >= 15 is 0 Å². The van der Waals surface area contributed by atoms with Crippen molar-refractivity contribution in [3.8, 4) is 0 Å². The SMILES string of the molecule is CC(CC(=O)C(CC(=O)OCc1ccccc1)NC(=O)OC(C)(C)C)C[C@H](N)C(=O)O. The Labute approximate surface area is 182 Å². The molecule has 0 bridgehead atoms. The van der Waals surface area contributed by atoms with E-state index < -0.39 is 41.5 Å².